The van der Waals surface area contributed by atoms with Gasteiger partial charge in [0.25, 0.3) is 0 Å². The van der Waals surface area contributed by atoms with Gasteiger partial charge in [-0.1, -0.05) is 54.8 Å². The number of hydrogen-bond acceptors (Lipinski definition) is 4. The number of urea groups is 1. The molecule has 26 heavy (non-hydrogen) atoms. The number of hydrogen-bond donors (Lipinski definition) is 1. The van der Waals surface area contributed by atoms with Gasteiger partial charge in [-0.2, -0.15) is 4.98 Å². The van der Waals surface area contributed by atoms with E-state index in [0.717, 1.165) is 18.4 Å². The highest BCUT2D eigenvalue weighted by Gasteiger charge is 2.30. The molecule has 0 atom stereocenters. The van der Waals surface area contributed by atoms with Crippen molar-refractivity contribution >= 4 is 6.03 Å². The number of carbonyl (C=O) groups excluding carboxylic acids is 1. The van der Waals surface area contributed by atoms with Gasteiger partial charge >= 0.3 is 6.03 Å². The van der Waals surface area contributed by atoms with Crippen LogP contribution >= 0.6 is 0 Å². The molecule has 1 N–H and O–H groups in total. The first-order valence-corrected chi connectivity index (χ1v) is 9.39. The standard InChI is InChI=1S/C20H28N4O2/c1-20(2,3)24(19(25)21-16-12-8-5-9-13-16)14-17-22-18(23-26-17)15-10-6-4-7-11-15/h4,6-7,10-11,16H,5,8-9,12-14H2,1-3H3,(H,21,25). The molecule has 1 aliphatic rings. The second-order valence-corrected chi connectivity index (χ2v) is 7.92. The van der Waals surface area contributed by atoms with E-state index >= 15 is 0 Å². The van der Waals surface area contributed by atoms with Gasteiger partial charge in [0.05, 0.1) is 0 Å². The summed E-state index contributed by atoms with van der Waals surface area (Å²) in [6.07, 6.45) is 5.75. The number of carbonyl (C=O) groups is 1. The van der Waals surface area contributed by atoms with Gasteiger partial charge in [-0.05, 0) is 33.6 Å². The fourth-order valence-electron chi connectivity index (χ4n) is 3.27. The molecule has 140 valence electrons. The lowest BCUT2D eigenvalue weighted by molar-refractivity contribution is 0.124. The van der Waals surface area contributed by atoms with Gasteiger partial charge in [-0.25, -0.2) is 4.79 Å². The minimum absolute atomic E-state index is 0.0659. The van der Waals surface area contributed by atoms with Crippen LogP contribution in [0.3, 0.4) is 0 Å². The van der Waals surface area contributed by atoms with Crippen LogP contribution in [0.4, 0.5) is 4.79 Å². The van der Waals surface area contributed by atoms with E-state index in [1.165, 1.54) is 19.3 Å². The summed E-state index contributed by atoms with van der Waals surface area (Å²) in [7, 11) is 0. The Labute approximate surface area is 155 Å². The molecule has 0 unspecified atom stereocenters. The van der Waals surface area contributed by atoms with E-state index in [1.54, 1.807) is 4.90 Å². The van der Waals surface area contributed by atoms with Gasteiger partial charge in [0.2, 0.25) is 11.7 Å². The average Bonchev–Trinajstić information content (AvgIpc) is 3.09. The fourth-order valence-corrected chi connectivity index (χ4v) is 3.27. The Bertz CT molecular complexity index is 715. The van der Waals surface area contributed by atoms with Crippen LogP contribution in [0.2, 0.25) is 0 Å². The lowest BCUT2D eigenvalue weighted by atomic mass is 9.95. The van der Waals surface area contributed by atoms with E-state index in [1.807, 2.05) is 51.1 Å². The lowest BCUT2D eigenvalue weighted by Gasteiger charge is -2.36. The molecule has 1 saturated carbocycles. The van der Waals surface area contributed by atoms with Crippen molar-refractivity contribution in [3.8, 4) is 11.4 Å². The zero-order chi connectivity index (χ0) is 18.6. The molecule has 6 heteroatoms. The third-order valence-electron chi connectivity index (χ3n) is 4.78. The van der Waals surface area contributed by atoms with E-state index in [9.17, 15) is 4.79 Å². The van der Waals surface area contributed by atoms with E-state index < -0.39 is 0 Å². The fraction of sp³-hybridized carbons (Fsp3) is 0.550. The third-order valence-corrected chi connectivity index (χ3v) is 4.78. The van der Waals surface area contributed by atoms with Crippen LogP contribution in [0.5, 0.6) is 0 Å². The molecule has 2 amide bonds. The molecule has 1 aliphatic carbocycles. The monoisotopic (exact) mass is 356 g/mol. The summed E-state index contributed by atoms with van der Waals surface area (Å²) in [6.45, 7) is 6.34. The summed E-state index contributed by atoms with van der Waals surface area (Å²) < 4.78 is 5.40. The van der Waals surface area contributed by atoms with Crippen molar-refractivity contribution in [2.75, 3.05) is 0 Å². The largest absolute Gasteiger partial charge is 0.337 e. The average molecular weight is 356 g/mol. The van der Waals surface area contributed by atoms with Crippen LogP contribution in [0.1, 0.15) is 58.8 Å². The predicted octanol–water partition coefficient (Wildman–Crippen LogP) is 4.38. The number of aromatic nitrogens is 2. The minimum atomic E-state index is -0.347. The summed E-state index contributed by atoms with van der Waals surface area (Å²) in [5.74, 6) is 0.986. The van der Waals surface area contributed by atoms with Gasteiger partial charge < -0.3 is 14.7 Å². The van der Waals surface area contributed by atoms with Crippen LogP contribution in [0.25, 0.3) is 11.4 Å². The van der Waals surface area contributed by atoms with E-state index in [2.05, 4.69) is 15.5 Å². The molecule has 0 aliphatic heterocycles. The van der Waals surface area contributed by atoms with Crippen LogP contribution in [0.15, 0.2) is 34.9 Å². The minimum Gasteiger partial charge on any atom is -0.337 e. The summed E-state index contributed by atoms with van der Waals surface area (Å²) in [6, 6.07) is 9.89. The molecule has 6 nitrogen and oxygen atoms in total. The maximum atomic E-state index is 12.9. The predicted molar refractivity (Wildman–Crippen MR) is 100 cm³/mol. The molecule has 0 bridgehead atoms. The third kappa shape index (κ3) is 4.62. The van der Waals surface area contributed by atoms with Gasteiger partial charge in [0.15, 0.2) is 0 Å². The smallest absolute Gasteiger partial charge is 0.318 e. The molecule has 0 spiro atoms. The molecule has 1 fully saturated rings. The second-order valence-electron chi connectivity index (χ2n) is 7.92. The molecule has 0 radical (unpaired) electrons. The topological polar surface area (TPSA) is 71.3 Å². The van der Waals surface area contributed by atoms with Crippen LogP contribution < -0.4 is 5.32 Å². The molecular formula is C20H28N4O2. The Morgan fingerprint density at radius 3 is 2.54 bits per heavy atom. The summed E-state index contributed by atoms with van der Waals surface area (Å²) in [5, 5.41) is 7.23. The zero-order valence-corrected chi connectivity index (χ0v) is 15.9. The molecule has 1 aromatic heterocycles. The Morgan fingerprint density at radius 1 is 1.19 bits per heavy atom. The molecule has 3 rings (SSSR count). The van der Waals surface area contributed by atoms with Crippen molar-refractivity contribution in [2.24, 2.45) is 0 Å². The number of rotatable bonds is 4. The van der Waals surface area contributed by atoms with Gasteiger partial charge in [-0.15, -0.1) is 0 Å². The van der Waals surface area contributed by atoms with Crippen LogP contribution in [0, 0.1) is 0 Å². The van der Waals surface area contributed by atoms with E-state index in [0.29, 0.717) is 18.3 Å². The molecule has 1 heterocycles. The number of amides is 2. The van der Waals surface area contributed by atoms with Crippen molar-refractivity contribution in [3.63, 3.8) is 0 Å². The summed E-state index contributed by atoms with van der Waals surface area (Å²) in [5.41, 5.74) is 0.552. The summed E-state index contributed by atoms with van der Waals surface area (Å²) in [4.78, 5) is 19.1. The maximum absolute atomic E-state index is 12.9. The van der Waals surface area contributed by atoms with Crippen LogP contribution in [-0.2, 0) is 6.54 Å². The van der Waals surface area contributed by atoms with Crippen molar-refractivity contribution in [1.82, 2.24) is 20.4 Å². The van der Waals surface area contributed by atoms with Crippen molar-refractivity contribution in [3.05, 3.63) is 36.2 Å². The Morgan fingerprint density at radius 2 is 1.88 bits per heavy atom. The second kappa shape index (κ2) is 7.89. The highest BCUT2D eigenvalue weighted by molar-refractivity contribution is 5.75. The Balaban J connectivity index is 1.70. The Hall–Kier alpha value is -2.37. The van der Waals surface area contributed by atoms with Crippen LogP contribution in [-0.4, -0.2) is 32.7 Å². The van der Waals surface area contributed by atoms with Crippen molar-refractivity contribution in [2.45, 2.75) is 71.0 Å². The normalized spacial score (nSPS) is 15.7. The van der Waals surface area contributed by atoms with E-state index in [-0.39, 0.29) is 17.6 Å². The molecule has 2 aromatic rings. The van der Waals surface area contributed by atoms with Gasteiger partial charge in [0.1, 0.15) is 6.54 Å². The first-order chi connectivity index (χ1) is 12.4. The SMILES string of the molecule is CC(C)(C)N(Cc1nc(-c2ccccc2)no1)C(=O)NC1CCCCC1. The van der Waals surface area contributed by atoms with Gasteiger partial charge in [-0.3, -0.25) is 0 Å². The lowest BCUT2D eigenvalue weighted by Crippen LogP contribution is -2.52. The highest BCUT2D eigenvalue weighted by atomic mass is 16.5. The van der Waals surface area contributed by atoms with Crippen molar-refractivity contribution < 1.29 is 9.32 Å². The highest BCUT2D eigenvalue weighted by Crippen LogP contribution is 2.22. The molecule has 1 aromatic carbocycles. The summed E-state index contributed by atoms with van der Waals surface area (Å²) >= 11 is 0. The maximum Gasteiger partial charge on any atom is 0.318 e. The number of nitrogens with zero attached hydrogens (tertiary/aromatic N) is 3. The molecule has 0 saturated heterocycles. The molecular weight excluding hydrogens is 328 g/mol. The Kier molecular flexibility index (Phi) is 5.59. The van der Waals surface area contributed by atoms with Crippen molar-refractivity contribution in [1.29, 1.82) is 0 Å². The van der Waals surface area contributed by atoms with Gasteiger partial charge in [0, 0.05) is 17.1 Å². The number of nitrogens with one attached hydrogen (secondary N) is 1. The first-order valence-electron chi connectivity index (χ1n) is 9.39. The number of benzene rings is 1. The first kappa shape index (κ1) is 18.4. The van der Waals surface area contributed by atoms with E-state index in [4.69, 9.17) is 4.52 Å². The quantitative estimate of drug-likeness (QED) is 0.882. The zero-order valence-electron chi connectivity index (χ0n) is 15.9.